The van der Waals surface area contributed by atoms with Crippen LogP contribution in [0.15, 0.2) is 46.9 Å². The van der Waals surface area contributed by atoms with Gasteiger partial charge in [0.2, 0.25) is 0 Å². The van der Waals surface area contributed by atoms with Gasteiger partial charge in [0, 0.05) is 0 Å². The fraction of sp³-hybridized carbons (Fsp3) is 0.235. The Kier molecular flexibility index (Phi) is 6.21. The van der Waals surface area contributed by atoms with Crippen LogP contribution in [0.25, 0.3) is 0 Å². The van der Waals surface area contributed by atoms with Crippen LogP contribution in [0.2, 0.25) is 0 Å². The molecule has 0 radical (unpaired) electrons. The van der Waals surface area contributed by atoms with Crippen molar-refractivity contribution in [3.05, 3.63) is 63.6 Å². The lowest BCUT2D eigenvalue weighted by molar-refractivity contribution is 0.0521. The van der Waals surface area contributed by atoms with Gasteiger partial charge in [-0.15, -0.1) is 0 Å². The van der Waals surface area contributed by atoms with Gasteiger partial charge in [0.15, 0.2) is 0 Å². The lowest BCUT2D eigenvalue weighted by atomic mass is 9.98. The predicted octanol–water partition coefficient (Wildman–Crippen LogP) is 3.61. The van der Waals surface area contributed by atoms with Gasteiger partial charge in [-0.2, -0.15) is 8.42 Å². The number of halogens is 1. The van der Waals surface area contributed by atoms with Crippen LogP contribution in [0.3, 0.4) is 0 Å². The van der Waals surface area contributed by atoms with Crippen molar-refractivity contribution in [1.29, 1.82) is 0 Å². The summed E-state index contributed by atoms with van der Waals surface area (Å²) in [6.45, 7) is 1.75. The van der Waals surface area contributed by atoms with Crippen molar-refractivity contribution in [2.24, 2.45) is 0 Å². The number of esters is 1. The minimum absolute atomic E-state index is 0.0507. The highest BCUT2D eigenvalue weighted by molar-refractivity contribution is 9.10. The van der Waals surface area contributed by atoms with E-state index in [1.807, 2.05) is 0 Å². The van der Waals surface area contributed by atoms with Crippen molar-refractivity contribution >= 4 is 32.0 Å². The maximum Gasteiger partial charge on any atom is 0.342 e. The van der Waals surface area contributed by atoms with Crippen molar-refractivity contribution in [3.63, 3.8) is 0 Å². The summed E-state index contributed by atoms with van der Waals surface area (Å²) in [6, 6.07) is 11.1. The summed E-state index contributed by atoms with van der Waals surface area (Å²) in [5.74, 6) is -0.597. The highest BCUT2D eigenvalue weighted by atomic mass is 79.9. The van der Waals surface area contributed by atoms with Crippen LogP contribution < -0.4 is 4.74 Å². The summed E-state index contributed by atoms with van der Waals surface area (Å²) < 4.78 is 44.8. The highest BCUT2D eigenvalue weighted by Crippen LogP contribution is 2.39. The molecule has 1 unspecified atom stereocenters. The second kappa shape index (κ2) is 7.99. The van der Waals surface area contributed by atoms with Gasteiger partial charge in [-0.05, 0) is 40.0 Å². The van der Waals surface area contributed by atoms with E-state index >= 15 is 0 Å². The quantitative estimate of drug-likeness (QED) is 0.558. The molecular weight excluding hydrogens is 412 g/mol. The maximum absolute atomic E-state index is 12.5. The van der Waals surface area contributed by atoms with E-state index in [0.29, 0.717) is 10.0 Å². The average molecular weight is 429 g/mol. The van der Waals surface area contributed by atoms with Gasteiger partial charge in [-0.1, -0.05) is 36.4 Å². The number of benzene rings is 2. The first-order chi connectivity index (χ1) is 11.8. The molecule has 0 saturated carbocycles. The number of ether oxygens (including phenoxy) is 2. The molecule has 2 rings (SSSR count). The Balaban J connectivity index is 2.80. The van der Waals surface area contributed by atoms with E-state index in [0.717, 1.165) is 0 Å². The van der Waals surface area contributed by atoms with Gasteiger partial charge in [0.1, 0.15) is 16.6 Å². The van der Waals surface area contributed by atoms with E-state index < -0.39 is 21.3 Å². The SMILES string of the molecule is CCOC(=O)c1c(C(c2ccccc2)S(=O)(=O)O)ccc(Br)c1OC. The second-order valence-electron chi connectivity index (χ2n) is 5.07. The molecule has 2 aromatic carbocycles. The van der Waals surface area contributed by atoms with Gasteiger partial charge >= 0.3 is 5.97 Å². The van der Waals surface area contributed by atoms with Gasteiger partial charge in [0.05, 0.1) is 18.2 Å². The van der Waals surface area contributed by atoms with E-state index in [9.17, 15) is 17.8 Å². The fourth-order valence-corrected chi connectivity index (χ4v) is 4.05. The zero-order valence-corrected chi connectivity index (χ0v) is 16.0. The number of carbonyl (C=O) groups excluding carboxylic acids is 1. The molecule has 0 aliphatic heterocycles. The zero-order chi connectivity index (χ0) is 18.6. The van der Waals surface area contributed by atoms with Crippen LogP contribution in [-0.4, -0.2) is 32.7 Å². The highest BCUT2D eigenvalue weighted by Gasteiger charge is 2.34. The molecule has 0 fully saturated rings. The Morgan fingerprint density at radius 1 is 1.20 bits per heavy atom. The molecule has 0 aliphatic carbocycles. The second-order valence-corrected chi connectivity index (χ2v) is 7.43. The van der Waals surface area contributed by atoms with Gasteiger partial charge in [-0.25, -0.2) is 4.79 Å². The largest absolute Gasteiger partial charge is 0.495 e. The molecule has 0 spiro atoms. The first-order valence-corrected chi connectivity index (χ1v) is 9.65. The van der Waals surface area contributed by atoms with Crippen LogP contribution in [0.5, 0.6) is 5.75 Å². The Morgan fingerprint density at radius 2 is 1.84 bits per heavy atom. The first-order valence-electron chi connectivity index (χ1n) is 7.36. The Bertz CT molecular complexity index is 864. The molecule has 6 nitrogen and oxygen atoms in total. The topological polar surface area (TPSA) is 89.9 Å². The monoisotopic (exact) mass is 428 g/mol. The Morgan fingerprint density at radius 3 is 2.36 bits per heavy atom. The molecular formula is C17H17BrO6S. The summed E-state index contributed by atoms with van der Waals surface area (Å²) in [7, 11) is -3.20. The van der Waals surface area contributed by atoms with E-state index in [2.05, 4.69) is 15.9 Å². The van der Waals surface area contributed by atoms with Crippen molar-refractivity contribution in [3.8, 4) is 5.75 Å². The van der Waals surface area contributed by atoms with Crippen LogP contribution >= 0.6 is 15.9 Å². The number of hydrogen-bond acceptors (Lipinski definition) is 5. The molecule has 1 atom stereocenters. The Hall–Kier alpha value is -1.90. The number of carbonyl (C=O) groups is 1. The minimum Gasteiger partial charge on any atom is -0.495 e. The number of rotatable bonds is 6. The number of methoxy groups -OCH3 is 1. The zero-order valence-electron chi connectivity index (χ0n) is 13.6. The smallest absolute Gasteiger partial charge is 0.342 e. The molecule has 0 saturated heterocycles. The maximum atomic E-state index is 12.5. The van der Waals surface area contributed by atoms with Crippen molar-refractivity contribution in [2.45, 2.75) is 12.2 Å². The number of hydrogen-bond donors (Lipinski definition) is 1. The molecule has 8 heteroatoms. The van der Waals surface area contributed by atoms with Crippen LogP contribution in [-0.2, 0) is 14.9 Å². The summed E-state index contributed by atoms with van der Waals surface area (Å²) in [4.78, 5) is 12.5. The van der Waals surface area contributed by atoms with E-state index in [1.54, 1.807) is 43.3 Å². The molecule has 1 N–H and O–H groups in total. The van der Waals surface area contributed by atoms with Gasteiger partial charge in [-0.3, -0.25) is 4.55 Å². The van der Waals surface area contributed by atoms with Crippen molar-refractivity contribution in [1.82, 2.24) is 0 Å². The van der Waals surface area contributed by atoms with Crippen molar-refractivity contribution in [2.75, 3.05) is 13.7 Å². The van der Waals surface area contributed by atoms with Gasteiger partial charge < -0.3 is 9.47 Å². The van der Waals surface area contributed by atoms with Crippen LogP contribution in [0.4, 0.5) is 0 Å². The van der Waals surface area contributed by atoms with E-state index in [-0.39, 0.29) is 23.5 Å². The first kappa shape index (κ1) is 19.4. The normalized spacial score (nSPS) is 12.5. The van der Waals surface area contributed by atoms with Gasteiger partial charge in [0.25, 0.3) is 10.1 Å². The predicted molar refractivity (Wildman–Crippen MR) is 96.5 cm³/mol. The average Bonchev–Trinajstić information content (AvgIpc) is 2.56. The Labute approximate surface area is 154 Å². The molecule has 2 aromatic rings. The van der Waals surface area contributed by atoms with E-state index in [4.69, 9.17) is 9.47 Å². The summed E-state index contributed by atoms with van der Waals surface area (Å²) in [6.07, 6.45) is 0. The van der Waals surface area contributed by atoms with Crippen LogP contribution in [0, 0.1) is 0 Å². The molecule has 25 heavy (non-hydrogen) atoms. The lowest BCUT2D eigenvalue weighted by Gasteiger charge is -2.20. The third-order valence-electron chi connectivity index (χ3n) is 3.51. The fourth-order valence-electron chi connectivity index (χ4n) is 2.54. The van der Waals surface area contributed by atoms with Crippen molar-refractivity contribution < 1.29 is 27.2 Å². The van der Waals surface area contributed by atoms with Crippen LogP contribution in [0.1, 0.15) is 33.7 Å². The molecule has 0 aromatic heterocycles. The third-order valence-corrected chi connectivity index (χ3v) is 5.25. The summed E-state index contributed by atoms with van der Waals surface area (Å²) in [5, 5.41) is -1.45. The molecule has 0 aliphatic rings. The molecule has 134 valence electrons. The standard InChI is InChI=1S/C17H17BrO6S/c1-3-24-17(19)14-12(9-10-13(18)15(14)23-2)16(25(20,21)22)11-7-5-4-6-8-11/h4-10,16H,3H2,1-2H3,(H,20,21,22). The summed E-state index contributed by atoms with van der Waals surface area (Å²) in [5.41, 5.74) is 0.345. The summed E-state index contributed by atoms with van der Waals surface area (Å²) >= 11 is 3.27. The molecule has 0 heterocycles. The molecule has 0 amide bonds. The minimum atomic E-state index is -4.56. The van der Waals surface area contributed by atoms with E-state index in [1.165, 1.54) is 13.2 Å². The third kappa shape index (κ3) is 4.20. The lowest BCUT2D eigenvalue weighted by Crippen LogP contribution is -2.19. The molecule has 0 bridgehead atoms.